The SMILES string of the molecule is O=C(NC1COc2ccccc21)c1cccc(NCC2(C3CCCCCCC3)NNC(C3CCNC4(CCCCCCCCC4)N3)N2CCO)c1. The number of carbonyl (C=O) groups excluding carboxylic acids is 1. The van der Waals surface area contributed by atoms with E-state index < -0.39 is 5.66 Å². The number of amides is 1. The summed E-state index contributed by atoms with van der Waals surface area (Å²) in [5, 5.41) is 25.7. The number of hydrazine groups is 1. The molecule has 280 valence electrons. The summed E-state index contributed by atoms with van der Waals surface area (Å²) in [6, 6.07) is 15.9. The van der Waals surface area contributed by atoms with E-state index in [1.807, 2.05) is 42.5 Å². The van der Waals surface area contributed by atoms with Crippen LogP contribution in [0.2, 0.25) is 0 Å². The molecule has 1 amide bonds. The number of ether oxygens (including phenoxy) is 1. The molecule has 7 N–H and O–H groups in total. The molecule has 1 spiro atoms. The Balaban J connectivity index is 1.10. The lowest BCUT2D eigenvalue weighted by Gasteiger charge is -2.50. The lowest BCUT2D eigenvalue weighted by molar-refractivity contribution is -0.00398. The number of para-hydroxylation sites is 1. The van der Waals surface area contributed by atoms with E-state index in [0.717, 1.165) is 42.8 Å². The third kappa shape index (κ3) is 8.58. The molecule has 4 atom stereocenters. The molecule has 10 heteroatoms. The summed E-state index contributed by atoms with van der Waals surface area (Å²) in [7, 11) is 0. The Bertz CT molecular complexity index is 1410. The van der Waals surface area contributed by atoms with E-state index in [0.29, 0.717) is 31.2 Å². The van der Waals surface area contributed by atoms with E-state index in [1.165, 1.54) is 89.9 Å². The summed E-state index contributed by atoms with van der Waals surface area (Å²) in [6.45, 7) is 2.81. The van der Waals surface area contributed by atoms with Crippen molar-refractivity contribution in [1.29, 1.82) is 0 Å². The van der Waals surface area contributed by atoms with Gasteiger partial charge in [0.1, 0.15) is 18.0 Å². The first-order valence-corrected chi connectivity index (χ1v) is 20.4. The lowest BCUT2D eigenvalue weighted by atomic mass is 9.80. The number of fused-ring (bicyclic) bond motifs is 1. The minimum absolute atomic E-state index is 0.0235. The first kappa shape index (κ1) is 36.6. The van der Waals surface area contributed by atoms with Crippen LogP contribution in [0.1, 0.15) is 131 Å². The number of aliphatic hydroxyl groups is 1. The Labute approximate surface area is 305 Å². The third-order valence-corrected chi connectivity index (χ3v) is 12.6. The van der Waals surface area contributed by atoms with Crippen LogP contribution in [-0.4, -0.2) is 72.3 Å². The van der Waals surface area contributed by atoms with Crippen LogP contribution in [0.15, 0.2) is 48.5 Å². The molecule has 2 aromatic carbocycles. The van der Waals surface area contributed by atoms with Crippen LogP contribution in [0.4, 0.5) is 5.69 Å². The van der Waals surface area contributed by atoms with Gasteiger partial charge in [0, 0.05) is 35.9 Å². The molecule has 3 heterocycles. The van der Waals surface area contributed by atoms with Gasteiger partial charge in [-0.05, 0) is 68.8 Å². The summed E-state index contributed by atoms with van der Waals surface area (Å²) in [4.78, 5) is 16.1. The average Bonchev–Trinajstić information content (AvgIpc) is 3.72. The Morgan fingerprint density at radius 1 is 0.882 bits per heavy atom. The molecule has 2 aliphatic carbocycles. The minimum atomic E-state index is -0.399. The van der Waals surface area contributed by atoms with Crippen molar-refractivity contribution in [2.75, 3.05) is 38.2 Å². The maximum atomic E-state index is 13.5. The number of nitrogens with one attached hydrogen (secondary N) is 6. The standard InChI is InChI=1S/C41H63N7O3/c49-27-26-48-38(35-22-25-43-40(45-35)23-13-7-2-1-3-8-14-24-40)46-47-41(48,32-17-9-5-4-6-10-18-32)30-42-33-19-15-16-31(28-33)39(50)44-36-29-51-37-21-12-11-20-34(36)37/h11-12,15-16,19-21,28,32,35-36,38,42-43,45-47,49H,1-10,13-14,17-18,22-27,29-30H2,(H,44,50). The minimum Gasteiger partial charge on any atom is -0.491 e. The Morgan fingerprint density at radius 3 is 2.37 bits per heavy atom. The first-order valence-electron chi connectivity index (χ1n) is 20.4. The van der Waals surface area contributed by atoms with E-state index >= 15 is 0 Å². The average molecular weight is 702 g/mol. The molecular formula is C41H63N7O3. The van der Waals surface area contributed by atoms with E-state index in [1.54, 1.807) is 0 Å². The van der Waals surface area contributed by atoms with Crippen LogP contribution in [0.3, 0.4) is 0 Å². The largest absolute Gasteiger partial charge is 0.491 e. The predicted molar refractivity (Wildman–Crippen MR) is 203 cm³/mol. The second-order valence-corrected chi connectivity index (χ2v) is 15.9. The van der Waals surface area contributed by atoms with Crippen LogP contribution in [0, 0.1) is 5.92 Å². The molecule has 3 aliphatic heterocycles. The second-order valence-electron chi connectivity index (χ2n) is 15.9. The van der Waals surface area contributed by atoms with Crippen LogP contribution < -0.4 is 36.9 Å². The summed E-state index contributed by atoms with van der Waals surface area (Å²) in [5.41, 5.74) is 9.90. The molecule has 10 nitrogen and oxygen atoms in total. The van der Waals surface area contributed by atoms with Crippen molar-refractivity contribution in [3.05, 3.63) is 59.7 Å². The zero-order valence-electron chi connectivity index (χ0n) is 30.7. The Kier molecular flexibility index (Phi) is 12.5. The topological polar surface area (TPSA) is 122 Å². The highest BCUT2D eigenvalue weighted by Gasteiger charge is 2.53. The highest BCUT2D eigenvalue weighted by atomic mass is 16.5. The fourth-order valence-electron chi connectivity index (χ4n) is 9.82. The highest BCUT2D eigenvalue weighted by molar-refractivity contribution is 5.95. The quantitative estimate of drug-likeness (QED) is 0.171. The van der Waals surface area contributed by atoms with Crippen molar-refractivity contribution in [3.63, 3.8) is 0 Å². The fourth-order valence-corrected chi connectivity index (χ4v) is 9.82. The van der Waals surface area contributed by atoms with Crippen molar-refractivity contribution in [3.8, 4) is 5.75 Å². The maximum absolute atomic E-state index is 13.5. The van der Waals surface area contributed by atoms with Crippen molar-refractivity contribution in [2.24, 2.45) is 5.92 Å². The number of anilines is 1. The zero-order valence-corrected chi connectivity index (χ0v) is 30.7. The molecule has 0 aromatic heterocycles. The maximum Gasteiger partial charge on any atom is 0.251 e. The van der Waals surface area contributed by atoms with Gasteiger partial charge < -0.3 is 20.5 Å². The van der Waals surface area contributed by atoms with Gasteiger partial charge in [-0.1, -0.05) is 101 Å². The normalized spacial score (nSPS) is 29.4. The van der Waals surface area contributed by atoms with Crippen molar-refractivity contribution in [2.45, 2.75) is 139 Å². The first-order chi connectivity index (χ1) is 25.1. The molecule has 2 aromatic rings. The monoisotopic (exact) mass is 701 g/mol. The number of hydrogen-bond acceptors (Lipinski definition) is 9. The lowest BCUT2D eigenvalue weighted by Crippen LogP contribution is -2.70. The van der Waals surface area contributed by atoms with Crippen LogP contribution in [0.25, 0.3) is 0 Å². The summed E-state index contributed by atoms with van der Waals surface area (Å²) < 4.78 is 5.82. The van der Waals surface area contributed by atoms with Gasteiger partial charge in [-0.2, -0.15) is 0 Å². The number of benzene rings is 2. The molecule has 51 heavy (non-hydrogen) atoms. The number of rotatable bonds is 9. The molecule has 2 saturated heterocycles. The third-order valence-electron chi connectivity index (χ3n) is 12.6. The number of aliphatic hydroxyl groups excluding tert-OH is 1. The Morgan fingerprint density at radius 2 is 1.61 bits per heavy atom. The van der Waals surface area contributed by atoms with Gasteiger partial charge in [0.05, 0.1) is 24.5 Å². The van der Waals surface area contributed by atoms with E-state index in [-0.39, 0.29) is 36.4 Å². The number of β-amino-alcohol motifs (C(OH)–C–C–N with tert-alkyl or cyclic N) is 1. The van der Waals surface area contributed by atoms with E-state index in [4.69, 9.17) is 4.74 Å². The number of carbonyl (C=O) groups is 1. The highest BCUT2D eigenvalue weighted by Crippen LogP contribution is 2.39. The van der Waals surface area contributed by atoms with Crippen molar-refractivity contribution >= 4 is 11.6 Å². The number of hydrogen-bond donors (Lipinski definition) is 7. The molecule has 4 fully saturated rings. The smallest absolute Gasteiger partial charge is 0.251 e. The van der Waals surface area contributed by atoms with Gasteiger partial charge in [-0.25, -0.2) is 10.9 Å². The molecular weight excluding hydrogens is 638 g/mol. The summed E-state index contributed by atoms with van der Waals surface area (Å²) >= 11 is 0. The molecule has 0 radical (unpaired) electrons. The molecule has 0 bridgehead atoms. The van der Waals surface area contributed by atoms with Crippen LogP contribution in [-0.2, 0) is 0 Å². The predicted octanol–water partition coefficient (Wildman–Crippen LogP) is 5.92. The van der Waals surface area contributed by atoms with Gasteiger partial charge in [0.15, 0.2) is 0 Å². The van der Waals surface area contributed by atoms with Gasteiger partial charge in [-0.15, -0.1) is 0 Å². The summed E-state index contributed by atoms with van der Waals surface area (Å²) in [6.07, 6.45) is 21.3. The second kappa shape index (κ2) is 17.4. The van der Waals surface area contributed by atoms with Crippen molar-refractivity contribution in [1.82, 2.24) is 31.7 Å². The van der Waals surface area contributed by atoms with E-state index in [2.05, 4.69) is 43.1 Å². The number of nitrogens with zero attached hydrogens (tertiary/aromatic N) is 1. The van der Waals surface area contributed by atoms with Gasteiger partial charge in [0.2, 0.25) is 0 Å². The summed E-state index contributed by atoms with van der Waals surface area (Å²) in [5.74, 6) is 1.15. The van der Waals surface area contributed by atoms with Crippen molar-refractivity contribution < 1.29 is 14.6 Å². The fraction of sp³-hybridized carbons (Fsp3) is 0.683. The van der Waals surface area contributed by atoms with Crippen LogP contribution >= 0.6 is 0 Å². The molecule has 4 unspecified atom stereocenters. The van der Waals surface area contributed by atoms with E-state index in [9.17, 15) is 9.90 Å². The van der Waals surface area contributed by atoms with Crippen LogP contribution in [0.5, 0.6) is 5.75 Å². The van der Waals surface area contributed by atoms with Gasteiger partial charge in [0.25, 0.3) is 5.91 Å². The van der Waals surface area contributed by atoms with Gasteiger partial charge >= 0.3 is 0 Å². The molecule has 2 saturated carbocycles. The Hall–Kier alpha value is -2.73. The zero-order chi connectivity index (χ0) is 34.9. The molecule has 5 aliphatic rings. The van der Waals surface area contributed by atoms with Gasteiger partial charge in [-0.3, -0.25) is 20.3 Å². The molecule has 7 rings (SSSR count).